The predicted molar refractivity (Wildman–Crippen MR) is 64.1 cm³/mol. The molecular formula is C13H19NO2. The highest BCUT2D eigenvalue weighted by Gasteiger charge is 2.16. The molecule has 0 radical (unpaired) electrons. The Hall–Kier alpha value is -1.35. The third kappa shape index (κ3) is 3.07. The van der Waals surface area contributed by atoms with Crippen molar-refractivity contribution in [2.75, 3.05) is 6.61 Å². The van der Waals surface area contributed by atoms with E-state index in [9.17, 15) is 4.79 Å². The van der Waals surface area contributed by atoms with Gasteiger partial charge >= 0.3 is 5.97 Å². The number of carbonyl (C=O) groups is 1. The monoisotopic (exact) mass is 221 g/mol. The number of carbonyl (C=O) groups excluding carboxylic acids is 1. The lowest BCUT2D eigenvalue weighted by Gasteiger charge is -2.12. The molecule has 1 atom stereocenters. The molecular weight excluding hydrogens is 202 g/mol. The van der Waals surface area contributed by atoms with Crippen LogP contribution in [0.3, 0.4) is 0 Å². The molecule has 0 fully saturated rings. The Balaban J connectivity index is 2.77. The molecule has 0 aliphatic heterocycles. The van der Waals surface area contributed by atoms with E-state index < -0.39 is 6.04 Å². The van der Waals surface area contributed by atoms with Crippen LogP contribution in [0.15, 0.2) is 24.3 Å². The van der Waals surface area contributed by atoms with Crippen molar-refractivity contribution in [3.05, 3.63) is 35.4 Å². The largest absolute Gasteiger partial charge is 0.465 e. The molecule has 0 aliphatic carbocycles. The van der Waals surface area contributed by atoms with Crippen molar-refractivity contribution in [1.29, 1.82) is 0 Å². The first-order valence-corrected chi connectivity index (χ1v) is 5.58. The highest BCUT2D eigenvalue weighted by atomic mass is 16.5. The highest BCUT2D eigenvalue weighted by molar-refractivity contribution is 5.77. The van der Waals surface area contributed by atoms with Gasteiger partial charge in [0.15, 0.2) is 0 Å². The number of nitrogens with two attached hydrogens (primary N) is 1. The summed E-state index contributed by atoms with van der Waals surface area (Å²) >= 11 is 0. The highest BCUT2D eigenvalue weighted by Crippen LogP contribution is 2.18. The summed E-state index contributed by atoms with van der Waals surface area (Å²) in [5.74, 6) is 0.104. The fourth-order valence-corrected chi connectivity index (χ4v) is 1.46. The molecule has 0 aromatic heterocycles. The van der Waals surface area contributed by atoms with Crippen molar-refractivity contribution < 1.29 is 9.53 Å². The average Bonchev–Trinajstić information content (AvgIpc) is 2.28. The lowest BCUT2D eigenvalue weighted by molar-refractivity contribution is -0.144. The summed E-state index contributed by atoms with van der Waals surface area (Å²) in [6, 6.07) is 7.09. The fourth-order valence-electron chi connectivity index (χ4n) is 1.46. The molecule has 0 saturated heterocycles. The second-order valence-corrected chi connectivity index (χ2v) is 4.05. The van der Waals surface area contributed by atoms with E-state index in [1.165, 1.54) is 5.56 Å². The van der Waals surface area contributed by atoms with E-state index in [2.05, 4.69) is 13.8 Å². The van der Waals surface area contributed by atoms with Crippen LogP contribution >= 0.6 is 0 Å². The number of hydrogen-bond acceptors (Lipinski definition) is 3. The molecule has 0 heterocycles. The summed E-state index contributed by atoms with van der Waals surface area (Å²) in [4.78, 5) is 11.4. The van der Waals surface area contributed by atoms with E-state index in [1.54, 1.807) is 6.92 Å². The van der Waals surface area contributed by atoms with Gasteiger partial charge in [-0.1, -0.05) is 38.1 Å². The van der Waals surface area contributed by atoms with Gasteiger partial charge in [-0.2, -0.15) is 0 Å². The minimum Gasteiger partial charge on any atom is -0.465 e. The Morgan fingerprint density at radius 1 is 1.25 bits per heavy atom. The van der Waals surface area contributed by atoms with Gasteiger partial charge in [-0.3, -0.25) is 0 Å². The van der Waals surface area contributed by atoms with Gasteiger partial charge in [0.25, 0.3) is 0 Å². The Labute approximate surface area is 96.6 Å². The molecule has 16 heavy (non-hydrogen) atoms. The van der Waals surface area contributed by atoms with Crippen molar-refractivity contribution in [3.8, 4) is 0 Å². The third-order valence-electron chi connectivity index (χ3n) is 2.50. The SMILES string of the molecule is CCOC(=O)C(N)c1ccc(C(C)C)cc1. The second kappa shape index (κ2) is 5.66. The van der Waals surface area contributed by atoms with E-state index in [4.69, 9.17) is 10.5 Å². The van der Waals surface area contributed by atoms with E-state index in [-0.39, 0.29) is 5.97 Å². The van der Waals surface area contributed by atoms with Gasteiger partial charge < -0.3 is 10.5 Å². The number of hydrogen-bond donors (Lipinski definition) is 1. The molecule has 1 unspecified atom stereocenters. The standard InChI is InChI=1S/C13H19NO2/c1-4-16-13(15)12(14)11-7-5-10(6-8-11)9(2)3/h5-9,12H,4,14H2,1-3H3. The summed E-state index contributed by atoms with van der Waals surface area (Å²) in [5.41, 5.74) is 7.81. The summed E-state index contributed by atoms with van der Waals surface area (Å²) in [7, 11) is 0. The molecule has 1 aromatic rings. The molecule has 0 saturated carbocycles. The zero-order valence-corrected chi connectivity index (χ0v) is 10.1. The first-order valence-electron chi connectivity index (χ1n) is 5.58. The topological polar surface area (TPSA) is 52.3 Å². The second-order valence-electron chi connectivity index (χ2n) is 4.05. The normalized spacial score (nSPS) is 12.6. The van der Waals surface area contributed by atoms with Crippen LogP contribution in [-0.4, -0.2) is 12.6 Å². The predicted octanol–water partition coefficient (Wildman–Crippen LogP) is 2.37. The maximum Gasteiger partial charge on any atom is 0.327 e. The molecule has 2 N–H and O–H groups in total. The molecule has 3 nitrogen and oxygen atoms in total. The van der Waals surface area contributed by atoms with Gasteiger partial charge in [0.1, 0.15) is 6.04 Å². The maximum absolute atomic E-state index is 11.4. The van der Waals surface area contributed by atoms with Gasteiger partial charge in [-0.05, 0) is 24.0 Å². The number of esters is 1. The van der Waals surface area contributed by atoms with Crippen LogP contribution in [0, 0.1) is 0 Å². The summed E-state index contributed by atoms with van der Waals surface area (Å²) < 4.78 is 4.87. The zero-order valence-electron chi connectivity index (χ0n) is 10.1. The van der Waals surface area contributed by atoms with Crippen LogP contribution in [0.1, 0.15) is 43.9 Å². The van der Waals surface area contributed by atoms with Crippen molar-refractivity contribution in [1.82, 2.24) is 0 Å². The number of rotatable bonds is 4. The van der Waals surface area contributed by atoms with Gasteiger partial charge in [0.2, 0.25) is 0 Å². The van der Waals surface area contributed by atoms with E-state index in [0.29, 0.717) is 12.5 Å². The minimum absolute atomic E-state index is 0.358. The summed E-state index contributed by atoms with van der Waals surface area (Å²) in [6.07, 6.45) is 0. The van der Waals surface area contributed by atoms with Crippen molar-refractivity contribution in [2.45, 2.75) is 32.7 Å². The average molecular weight is 221 g/mol. The number of benzene rings is 1. The Morgan fingerprint density at radius 2 is 1.75 bits per heavy atom. The molecule has 0 spiro atoms. The van der Waals surface area contributed by atoms with Crippen molar-refractivity contribution >= 4 is 5.97 Å². The fraction of sp³-hybridized carbons (Fsp3) is 0.462. The van der Waals surface area contributed by atoms with Gasteiger partial charge in [-0.15, -0.1) is 0 Å². The van der Waals surface area contributed by atoms with Crippen molar-refractivity contribution in [3.63, 3.8) is 0 Å². The van der Waals surface area contributed by atoms with Crippen LogP contribution in [0.2, 0.25) is 0 Å². The van der Waals surface area contributed by atoms with E-state index in [1.807, 2.05) is 24.3 Å². The number of ether oxygens (including phenoxy) is 1. The molecule has 0 amide bonds. The summed E-state index contributed by atoms with van der Waals surface area (Å²) in [5, 5.41) is 0. The molecule has 3 heteroatoms. The molecule has 0 bridgehead atoms. The summed E-state index contributed by atoms with van der Waals surface area (Å²) in [6.45, 7) is 6.38. The first kappa shape index (κ1) is 12.7. The van der Waals surface area contributed by atoms with Gasteiger partial charge in [0, 0.05) is 0 Å². The first-order chi connectivity index (χ1) is 7.56. The van der Waals surface area contributed by atoms with Gasteiger partial charge in [0.05, 0.1) is 6.61 Å². The van der Waals surface area contributed by atoms with Crippen LogP contribution in [0.25, 0.3) is 0 Å². The Bertz CT molecular complexity index is 343. The molecule has 88 valence electrons. The molecule has 0 aliphatic rings. The van der Waals surface area contributed by atoms with Crippen LogP contribution in [-0.2, 0) is 9.53 Å². The van der Waals surface area contributed by atoms with Crippen molar-refractivity contribution in [2.24, 2.45) is 5.73 Å². The smallest absolute Gasteiger partial charge is 0.327 e. The lowest BCUT2D eigenvalue weighted by Crippen LogP contribution is -2.23. The third-order valence-corrected chi connectivity index (χ3v) is 2.50. The molecule has 1 aromatic carbocycles. The van der Waals surface area contributed by atoms with Gasteiger partial charge in [-0.25, -0.2) is 4.79 Å². The van der Waals surface area contributed by atoms with E-state index >= 15 is 0 Å². The van der Waals surface area contributed by atoms with Crippen LogP contribution < -0.4 is 5.73 Å². The minimum atomic E-state index is -0.679. The zero-order chi connectivity index (χ0) is 12.1. The van der Waals surface area contributed by atoms with Crippen LogP contribution in [0.5, 0.6) is 0 Å². The lowest BCUT2D eigenvalue weighted by atomic mass is 9.99. The van der Waals surface area contributed by atoms with E-state index in [0.717, 1.165) is 5.56 Å². The van der Waals surface area contributed by atoms with Crippen LogP contribution in [0.4, 0.5) is 0 Å². The molecule has 1 rings (SSSR count). The maximum atomic E-state index is 11.4. The Kier molecular flexibility index (Phi) is 4.50. The quantitative estimate of drug-likeness (QED) is 0.794. The Morgan fingerprint density at radius 3 is 2.19 bits per heavy atom.